The second-order valence-corrected chi connectivity index (χ2v) is 15.9. The van der Waals surface area contributed by atoms with E-state index in [1.807, 2.05) is 30.3 Å². The molecule has 7 atom stereocenters. The van der Waals surface area contributed by atoms with E-state index in [1.54, 1.807) is 36.4 Å². The van der Waals surface area contributed by atoms with Crippen molar-refractivity contribution in [1.29, 1.82) is 0 Å². The van der Waals surface area contributed by atoms with Gasteiger partial charge in [-0.2, -0.15) is 0 Å². The van der Waals surface area contributed by atoms with Gasteiger partial charge in [0.15, 0.2) is 16.8 Å². The molecule has 0 bridgehead atoms. The third kappa shape index (κ3) is 7.41. The van der Waals surface area contributed by atoms with Crippen LogP contribution in [0.1, 0.15) is 37.0 Å². The highest BCUT2D eigenvalue weighted by atomic mass is 17.2. The van der Waals surface area contributed by atoms with Gasteiger partial charge >= 0.3 is 0 Å². The molecule has 17 heteroatoms. The lowest BCUT2D eigenvalue weighted by Crippen LogP contribution is -2.63. The van der Waals surface area contributed by atoms with Crippen LogP contribution < -0.4 is 25.7 Å². The molecule has 58 heavy (non-hydrogen) atoms. The minimum Gasteiger partial charge on any atom is -0.482 e. The fourth-order valence-electron chi connectivity index (χ4n) is 8.75. The van der Waals surface area contributed by atoms with E-state index < -0.39 is 48.8 Å². The fraction of sp³-hybridized carbons (Fsp3) is 0.512. The minimum absolute atomic E-state index is 0.0169. The number of aliphatic imine (C=N–C) groups is 2. The van der Waals surface area contributed by atoms with Crippen molar-refractivity contribution in [3.8, 4) is 5.75 Å². The van der Waals surface area contributed by atoms with E-state index in [9.17, 15) is 35.1 Å². The van der Waals surface area contributed by atoms with Crippen LogP contribution in [0.3, 0.4) is 0 Å². The Morgan fingerprint density at radius 1 is 1.12 bits per heavy atom. The van der Waals surface area contributed by atoms with E-state index >= 15 is 0 Å². The summed E-state index contributed by atoms with van der Waals surface area (Å²) in [6.45, 7) is 1.71. The van der Waals surface area contributed by atoms with Gasteiger partial charge in [0.05, 0.1) is 42.2 Å². The number of aliphatic hydroxyl groups is 5. The SMILES string of the molecule is CNCCC1(CCC2CNC(=O)C2)Oc2c(cc3c(=O)cc(C)oc3c2N2C=C3N=CC=C3C2)CC1OOCC(O)C(O)(CN1CC=C2N=CC=C21)C(O)C(O)CO. The van der Waals surface area contributed by atoms with Gasteiger partial charge < -0.3 is 55.1 Å². The van der Waals surface area contributed by atoms with Gasteiger partial charge in [0, 0.05) is 68.2 Å². The molecule has 1 aromatic heterocycles. The summed E-state index contributed by atoms with van der Waals surface area (Å²) in [6.07, 6.45) is 6.38. The molecule has 1 saturated heterocycles. The molecule has 0 aliphatic carbocycles. The lowest BCUT2D eigenvalue weighted by Gasteiger charge is -2.45. The van der Waals surface area contributed by atoms with Crippen molar-refractivity contribution in [2.45, 2.75) is 74.6 Å². The number of fused-ring (bicyclic) bond motifs is 4. The molecule has 0 saturated carbocycles. The average Bonchev–Trinajstić information content (AvgIpc) is 4.05. The third-order valence-electron chi connectivity index (χ3n) is 12.1. The first-order valence-electron chi connectivity index (χ1n) is 19.7. The molecule has 6 aliphatic rings. The zero-order valence-electron chi connectivity index (χ0n) is 32.5. The quantitative estimate of drug-likeness (QED) is 0.0841. The van der Waals surface area contributed by atoms with E-state index in [1.165, 1.54) is 6.07 Å². The summed E-state index contributed by atoms with van der Waals surface area (Å²) in [6, 6.07) is 3.19. The normalized spacial score (nSPS) is 25.7. The maximum absolute atomic E-state index is 13.5. The van der Waals surface area contributed by atoms with Crippen LogP contribution in [0.15, 0.2) is 78.4 Å². The Morgan fingerprint density at radius 2 is 1.93 bits per heavy atom. The second kappa shape index (κ2) is 16.1. The van der Waals surface area contributed by atoms with E-state index in [0.717, 1.165) is 11.3 Å². The molecule has 1 fully saturated rings. The molecule has 310 valence electrons. The number of nitrogens with one attached hydrogen (secondary N) is 2. The van der Waals surface area contributed by atoms with Crippen LogP contribution in [0, 0.1) is 12.8 Å². The Labute approximate surface area is 334 Å². The molecule has 1 aromatic carbocycles. The van der Waals surface area contributed by atoms with Crippen molar-refractivity contribution in [2.24, 2.45) is 15.9 Å². The van der Waals surface area contributed by atoms with Crippen LogP contribution in [-0.2, 0) is 21.0 Å². The zero-order valence-corrected chi connectivity index (χ0v) is 32.5. The van der Waals surface area contributed by atoms with Crippen molar-refractivity contribution in [3.63, 3.8) is 0 Å². The van der Waals surface area contributed by atoms with Crippen molar-refractivity contribution < 1.29 is 49.3 Å². The van der Waals surface area contributed by atoms with Crippen LogP contribution in [0.5, 0.6) is 5.75 Å². The maximum atomic E-state index is 13.5. The highest BCUT2D eigenvalue weighted by Crippen LogP contribution is 2.50. The number of β-amino-alcohol motifs (C(OH)–C–C–N with tert-alkyl or cyclic N) is 1. The Kier molecular flexibility index (Phi) is 11.2. The predicted octanol–water partition coefficient (Wildman–Crippen LogP) is 0.264. The van der Waals surface area contributed by atoms with Gasteiger partial charge in [-0.1, -0.05) is 0 Å². The van der Waals surface area contributed by atoms with Crippen molar-refractivity contribution in [3.05, 3.63) is 80.8 Å². The van der Waals surface area contributed by atoms with Gasteiger partial charge in [0.1, 0.15) is 53.7 Å². The molecule has 2 aromatic rings. The summed E-state index contributed by atoms with van der Waals surface area (Å²) >= 11 is 0. The first-order valence-corrected chi connectivity index (χ1v) is 19.7. The predicted molar refractivity (Wildman–Crippen MR) is 212 cm³/mol. The number of benzene rings is 1. The standard InChI is InChI=1S/C41H50N6O11/c1-23-13-31(49)27-15-26-16-34(58-55-21-33(51)41(54,39(53)32(50)20-48)22-46-12-6-28-30(46)5-10-43-28)40(8-11-42-2,7-3-24-14-35(52)45-17-24)57-37(26)36(38(27)56-23)47-18-25-4-9-44-29(25)19-47/h4-6,9-10,13,15,19,24,32-34,39,42,48,50-51,53-54H,3,7-8,11-12,14,16-18,20-22H2,1-2H3,(H,45,52). The van der Waals surface area contributed by atoms with Gasteiger partial charge in [-0.15, -0.1) is 0 Å². The third-order valence-corrected chi connectivity index (χ3v) is 12.1. The number of nitrogens with zero attached hydrogens (tertiary/aromatic N) is 4. The molecule has 6 aliphatic heterocycles. The summed E-state index contributed by atoms with van der Waals surface area (Å²) < 4.78 is 13.5. The topological polar surface area (TPSA) is 231 Å². The first-order chi connectivity index (χ1) is 27.9. The molecular weight excluding hydrogens is 752 g/mol. The number of anilines is 1. The summed E-state index contributed by atoms with van der Waals surface area (Å²) in [7, 11) is 1.83. The van der Waals surface area contributed by atoms with Crippen molar-refractivity contribution in [2.75, 3.05) is 57.9 Å². The monoisotopic (exact) mass is 802 g/mol. The van der Waals surface area contributed by atoms with Gasteiger partial charge in [-0.05, 0) is 63.6 Å². The number of amides is 1. The molecule has 1 amide bonds. The van der Waals surface area contributed by atoms with Crippen LogP contribution in [0.25, 0.3) is 11.0 Å². The number of hydrogen-bond donors (Lipinski definition) is 7. The minimum atomic E-state index is -2.40. The van der Waals surface area contributed by atoms with Crippen LogP contribution in [-0.4, -0.2) is 137 Å². The molecule has 7 N–H and O–H groups in total. The molecule has 7 unspecified atom stereocenters. The number of ether oxygens (including phenoxy) is 1. The molecule has 17 nitrogen and oxygen atoms in total. The van der Waals surface area contributed by atoms with Crippen molar-refractivity contribution in [1.82, 2.24) is 15.5 Å². The first kappa shape index (κ1) is 40.1. The Bertz CT molecular complexity index is 2200. The molecule has 8 rings (SSSR count). The Morgan fingerprint density at radius 3 is 2.69 bits per heavy atom. The molecule has 0 spiro atoms. The van der Waals surface area contributed by atoms with Crippen LogP contribution >= 0.6 is 0 Å². The van der Waals surface area contributed by atoms with Crippen molar-refractivity contribution >= 4 is 35.0 Å². The summed E-state index contributed by atoms with van der Waals surface area (Å²) in [5.74, 6) is 0.986. The molecular formula is C41H50N6O11. The van der Waals surface area contributed by atoms with E-state index in [4.69, 9.17) is 18.9 Å². The van der Waals surface area contributed by atoms with Gasteiger partial charge in [-0.3, -0.25) is 19.6 Å². The van der Waals surface area contributed by atoms with Gasteiger partial charge in [0.2, 0.25) is 5.91 Å². The highest BCUT2D eigenvalue weighted by molar-refractivity contribution is 5.96. The van der Waals surface area contributed by atoms with Gasteiger partial charge in [0.25, 0.3) is 0 Å². The number of aliphatic hydroxyl groups excluding tert-OH is 4. The second-order valence-electron chi connectivity index (χ2n) is 15.9. The number of carbonyl (C=O) groups excluding carboxylic acids is 1. The lowest BCUT2D eigenvalue weighted by molar-refractivity contribution is -0.367. The number of carbonyl (C=O) groups is 1. The maximum Gasteiger partial charge on any atom is 0.220 e. The largest absolute Gasteiger partial charge is 0.482 e. The van der Waals surface area contributed by atoms with E-state index in [0.29, 0.717) is 97.0 Å². The van der Waals surface area contributed by atoms with E-state index in [2.05, 4.69) is 20.6 Å². The average molecular weight is 803 g/mol. The van der Waals surface area contributed by atoms with E-state index in [-0.39, 0.29) is 30.2 Å². The fourth-order valence-corrected chi connectivity index (χ4v) is 8.75. The Balaban J connectivity index is 1.13. The molecule has 0 radical (unpaired) electrons. The number of allylic oxidation sites excluding steroid dienone is 2. The lowest BCUT2D eigenvalue weighted by atomic mass is 9.79. The number of rotatable bonds is 17. The number of hydrogen-bond acceptors (Lipinski definition) is 16. The Hall–Kier alpha value is -4.72. The summed E-state index contributed by atoms with van der Waals surface area (Å²) in [5, 5.41) is 61.2. The molecule has 7 heterocycles. The van der Waals surface area contributed by atoms with Gasteiger partial charge in [-0.25, -0.2) is 9.78 Å². The highest BCUT2D eigenvalue weighted by Gasteiger charge is 2.51. The van der Waals surface area contributed by atoms with Crippen LogP contribution in [0.2, 0.25) is 0 Å². The number of aryl methyl sites for hydroxylation is 1. The summed E-state index contributed by atoms with van der Waals surface area (Å²) in [5.41, 5.74) is 1.06. The smallest absolute Gasteiger partial charge is 0.220 e. The zero-order chi connectivity index (χ0) is 40.8. The van der Waals surface area contributed by atoms with Crippen LogP contribution in [0.4, 0.5) is 5.69 Å². The summed E-state index contributed by atoms with van der Waals surface area (Å²) in [4.78, 5) is 50.3.